The first-order valence-corrected chi connectivity index (χ1v) is 10.6. The number of pyridine rings is 2. The predicted octanol–water partition coefficient (Wildman–Crippen LogP) is 7.03. The van der Waals surface area contributed by atoms with Crippen molar-refractivity contribution in [2.45, 2.75) is 58.8 Å². The minimum Gasteiger partial charge on any atom is -0.318 e. The standard InChI is InChI=1S/C17H15F6N3OS.C4H10/c1-4-28-12-5-10(16(18,19)20)7-24-14(12)9(3)25-11-6-13(17(21,22)23)26-15(27)8(11)2;1-4(2)3/h5-7H,4H2,1-3H3,(H,26,27);4H,1-3H3. The van der Waals surface area contributed by atoms with Crippen molar-refractivity contribution in [1.82, 2.24) is 9.97 Å². The number of aromatic nitrogens is 2. The molecule has 0 radical (unpaired) electrons. The van der Waals surface area contributed by atoms with Crippen LogP contribution in [0.4, 0.5) is 32.0 Å². The highest BCUT2D eigenvalue weighted by Crippen LogP contribution is 2.34. The molecule has 0 spiro atoms. The van der Waals surface area contributed by atoms with E-state index in [1.54, 1.807) is 11.9 Å². The van der Waals surface area contributed by atoms with Gasteiger partial charge in [0, 0.05) is 16.7 Å². The van der Waals surface area contributed by atoms with Crippen molar-refractivity contribution in [2.75, 3.05) is 5.75 Å². The van der Waals surface area contributed by atoms with E-state index in [0.29, 0.717) is 18.0 Å². The van der Waals surface area contributed by atoms with Gasteiger partial charge in [0.2, 0.25) is 0 Å². The molecular weight excluding hydrogens is 456 g/mol. The smallest absolute Gasteiger partial charge is 0.318 e. The summed E-state index contributed by atoms with van der Waals surface area (Å²) >= 11 is 1.09. The number of thioether (sulfide) groups is 1. The van der Waals surface area contributed by atoms with Gasteiger partial charge in [0.1, 0.15) is 5.69 Å². The number of nitrogens with one attached hydrogen (secondary N) is 1. The van der Waals surface area contributed by atoms with Gasteiger partial charge >= 0.3 is 12.4 Å². The second-order valence-corrected chi connectivity index (χ2v) is 8.76. The number of nitrogens with zero attached hydrogens (tertiary/aromatic N) is 2. The molecule has 0 aromatic carbocycles. The first-order chi connectivity index (χ1) is 14.6. The zero-order valence-electron chi connectivity index (χ0n) is 18.5. The van der Waals surface area contributed by atoms with Gasteiger partial charge in [-0.1, -0.05) is 27.7 Å². The second-order valence-electron chi connectivity index (χ2n) is 7.45. The molecule has 0 saturated heterocycles. The zero-order valence-corrected chi connectivity index (χ0v) is 19.3. The highest BCUT2D eigenvalue weighted by Gasteiger charge is 2.33. The lowest BCUT2D eigenvalue weighted by Gasteiger charge is -2.13. The van der Waals surface area contributed by atoms with Crippen LogP contribution in [0.25, 0.3) is 0 Å². The van der Waals surface area contributed by atoms with Crippen molar-refractivity contribution >= 4 is 23.2 Å². The zero-order chi connectivity index (χ0) is 24.9. The van der Waals surface area contributed by atoms with E-state index in [1.165, 1.54) is 13.8 Å². The average Bonchev–Trinajstić information content (AvgIpc) is 2.63. The molecule has 0 atom stereocenters. The molecule has 2 rings (SSSR count). The minimum absolute atomic E-state index is 0.0519. The van der Waals surface area contributed by atoms with Crippen LogP contribution in [0, 0.1) is 12.8 Å². The Bertz CT molecular complexity index is 1010. The molecule has 0 fully saturated rings. The van der Waals surface area contributed by atoms with Crippen molar-refractivity contribution < 1.29 is 26.3 Å². The van der Waals surface area contributed by atoms with Gasteiger partial charge in [0.15, 0.2) is 0 Å². The number of H-pyrrole nitrogens is 1. The Morgan fingerprint density at radius 2 is 1.69 bits per heavy atom. The van der Waals surface area contributed by atoms with Gasteiger partial charge in [0.05, 0.1) is 22.7 Å². The van der Waals surface area contributed by atoms with Crippen molar-refractivity contribution in [1.29, 1.82) is 0 Å². The molecule has 0 aliphatic rings. The Hall–Kier alpha value is -2.30. The molecule has 0 bridgehead atoms. The van der Waals surface area contributed by atoms with Crippen LogP contribution < -0.4 is 5.56 Å². The predicted molar refractivity (Wildman–Crippen MR) is 115 cm³/mol. The number of hydrogen-bond acceptors (Lipinski definition) is 4. The van der Waals surface area contributed by atoms with Gasteiger partial charge in [-0.2, -0.15) is 26.3 Å². The third-order valence-corrected chi connectivity index (χ3v) is 4.58. The van der Waals surface area contributed by atoms with E-state index in [1.807, 2.05) is 0 Å². The summed E-state index contributed by atoms with van der Waals surface area (Å²) in [5, 5.41) is 0. The van der Waals surface area contributed by atoms with Crippen LogP contribution in [0.2, 0.25) is 0 Å². The van der Waals surface area contributed by atoms with E-state index in [2.05, 4.69) is 30.7 Å². The Kier molecular flexibility index (Phi) is 9.55. The van der Waals surface area contributed by atoms with E-state index in [4.69, 9.17) is 0 Å². The molecule has 32 heavy (non-hydrogen) atoms. The summed E-state index contributed by atoms with van der Waals surface area (Å²) in [6.07, 6.45) is -8.72. The SMILES string of the molecule is CC(C)C.CCSc1cc(C(F)(F)F)cnc1C(C)=Nc1cc(C(F)(F)F)[nH]c(=O)c1C. The molecule has 0 amide bonds. The molecule has 2 heterocycles. The molecule has 0 saturated carbocycles. The summed E-state index contributed by atoms with van der Waals surface area (Å²) in [5.74, 6) is 1.28. The molecule has 178 valence electrons. The van der Waals surface area contributed by atoms with Crippen LogP contribution in [0.15, 0.2) is 33.0 Å². The summed E-state index contributed by atoms with van der Waals surface area (Å²) in [7, 11) is 0. The Labute approximate surface area is 186 Å². The van der Waals surface area contributed by atoms with Crippen molar-refractivity contribution in [3.63, 3.8) is 0 Å². The van der Waals surface area contributed by atoms with Crippen molar-refractivity contribution in [2.24, 2.45) is 10.9 Å². The molecule has 0 unspecified atom stereocenters. The maximum absolute atomic E-state index is 12.9. The number of aliphatic imine (C=N–C) groups is 1. The number of hydrogen-bond donors (Lipinski definition) is 1. The normalized spacial score (nSPS) is 12.6. The van der Waals surface area contributed by atoms with E-state index >= 15 is 0 Å². The third-order valence-electron chi connectivity index (χ3n) is 3.67. The molecule has 0 aliphatic heterocycles. The summed E-state index contributed by atoms with van der Waals surface area (Å²) in [5.41, 5.74) is -3.25. The van der Waals surface area contributed by atoms with Crippen LogP contribution >= 0.6 is 11.8 Å². The highest BCUT2D eigenvalue weighted by molar-refractivity contribution is 7.99. The van der Waals surface area contributed by atoms with Crippen LogP contribution in [0.1, 0.15) is 57.1 Å². The lowest BCUT2D eigenvalue weighted by molar-refractivity contribution is -0.141. The summed E-state index contributed by atoms with van der Waals surface area (Å²) in [6, 6.07) is 1.60. The van der Waals surface area contributed by atoms with Crippen molar-refractivity contribution in [3.05, 3.63) is 51.2 Å². The third kappa shape index (κ3) is 7.99. The van der Waals surface area contributed by atoms with E-state index < -0.39 is 29.2 Å². The lowest BCUT2D eigenvalue weighted by Crippen LogP contribution is -2.18. The average molecular weight is 482 g/mol. The van der Waals surface area contributed by atoms with Crippen LogP contribution in [0.3, 0.4) is 0 Å². The van der Waals surface area contributed by atoms with Crippen molar-refractivity contribution in [3.8, 4) is 0 Å². The fraction of sp³-hybridized carbons (Fsp3) is 0.476. The molecule has 2 aromatic heterocycles. The fourth-order valence-electron chi connectivity index (χ4n) is 2.25. The molecule has 2 aromatic rings. The van der Waals surface area contributed by atoms with Gasteiger partial charge < -0.3 is 4.98 Å². The molecular formula is C21H25F6N3OS. The molecule has 0 aliphatic carbocycles. The van der Waals surface area contributed by atoms with Gasteiger partial charge in [-0.25, -0.2) is 0 Å². The van der Waals surface area contributed by atoms with Crippen LogP contribution in [0.5, 0.6) is 0 Å². The molecule has 4 nitrogen and oxygen atoms in total. The monoisotopic (exact) mass is 481 g/mol. The van der Waals surface area contributed by atoms with E-state index in [9.17, 15) is 31.1 Å². The van der Waals surface area contributed by atoms with E-state index in [0.717, 1.165) is 23.7 Å². The Balaban J connectivity index is 0.00000118. The van der Waals surface area contributed by atoms with E-state index in [-0.39, 0.29) is 27.6 Å². The number of aromatic amines is 1. The lowest BCUT2D eigenvalue weighted by atomic mass is 10.2. The van der Waals surface area contributed by atoms with Gasteiger partial charge in [-0.15, -0.1) is 11.8 Å². The number of rotatable bonds is 4. The maximum Gasteiger partial charge on any atom is 0.431 e. The first kappa shape index (κ1) is 27.7. The van der Waals surface area contributed by atoms with Gasteiger partial charge in [0.25, 0.3) is 5.56 Å². The van der Waals surface area contributed by atoms with Crippen LogP contribution in [-0.2, 0) is 12.4 Å². The quantitative estimate of drug-likeness (QED) is 0.290. The number of halogens is 6. The molecule has 11 heteroatoms. The largest absolute Gasteiger partial charge is 0.431 e. The fourth-order valence-corrected chi connectivity index (χ4v) is 3.11. The van der Waals surface area contributed by atoms with Gasteiger partial charge in [-0.3, -0.25) is 14.8 Å². The topological polar surface area (TPSA) is 58.1 Å². The Morgan fingerprint density at radius 1 is 1.12 bits per heavy atom. The summed E-state index contributed by atoms with van der Waals surface area (Å²) < 4.78 is 77.5. The molecule has 1 N–H and O–H groups in total. The Morgan fingerprint density at radius 3 is 2.16 bits per heavy atom. The second kappa shape index (κ2) is 11.0. The summed E-state index contributed by atoms with van der Waals surface area (Å²) in [6.45, 7) is 10.9. The maximum atomic E-state index is 12.9. The first-order valence-electron chi connectivity index (χ1n) is 9.64. The van der Waals surface area contributed by atoms with Gasteiger partial charge in [-0.05, 0) is 37.7 Å². The number of alkyl halides is 6. The summed E-state index contributed by atoms with van der Waals surface area (Å²) in [4.78, 5) is 21.5. The minimum atomic E-state index is -4.78. The van der Waals surface area contributed by atoms with Crippen LogP contribution in [-0.4, -0.2) is 21.4 Å². The highest BCUT2D eigenvalue weighted by atomic mass is 32.2.